The molecule has 0 N–H and O–H groups in total. The highest BCUT2D eigenvalue weighted by Gasteiger charge is 2.53. The van der Waals surface area contributed by atoms with Crippen LogP contribution in [0.15, 0.2) is 34.9 Å². The summed E-state index contributed by atoms with van der Waals surface area (Å²) in [4.78, 5) is 16.9. The van der Waals surface area contributed by atoms with Gasteiger partial charge in [0, 0.05) is 30.6 Å². The molecule has 144 valence electrons. The molecule has 3 heterocycles. The summed E-state index contributed by atoms with van der Waals surface area (Å²) < 4.78 is 30.4. The number of rotatable bonds is 3. The minimum Gasteiger partial charge on any atom is -0.360 e. The second-order valence-electron chi connectivity index (χ2n) is 7.60. The van der Waals surface area contributed by atoms with Crippen molar-refractivity contribution in [2.75, 3.05) is 32.9 Å². The number of amides is 1. The summed E-state index contributed by atoms with van der Waals surface area (Å²) in [7, 11) is 0.587. The van der Waals surface area contributed by atoms with Crippen LogP contribution in [-0.2, 0) is 9.84 Å². The van der Waals surface area contributed by atoms with E-state index in [-0.39, 0.29) is 30.2 Å². The predicted octanol–water partition coefficient (Wildman–Crippen LogP) is 1.45. The molecule has 4 rings (SSSR count). The van der Waals surface area contributed by atoms with E-state index in [0.29, 0.717) is 23.6 Å². The van der Waals surface area contributed by atoms with Gasteiger partial charge in [-0.25, -0.2) is 8.42 Å². The molecule has 2 fully saturated rings. The average Bonchev–Trinajstić information content (AvgIpc) is 3.29. The Morgan fingerprint density at radius 3 is 2.59 bits per heavy atom. The molecule has 1 aromatic heterocycles. The Bertz CT molecular complexity index is 968. The normalized spacial score (nSPS) is 26.5. The van der Waals surface area contributed by atoms with Crippen LogP contribution in [-0.4, -0.2) is 73.5 Å². The monoisotopic (exact) mass is 389 g/mol. The van der Waals surface area contributed by atoms with Crippen LogP contribution in [0.1, 0.15) is 16.1 Å². The third-order valence-electron chi connectivity index (χ3n) is 5.74. The first kappa shape index (κ1) is 18.2. The van der Waals surface area contributed by atoms with E-state index in [0.717, 1.165) is 5.56 Å². The molecule has 0 unspecified atom stereocenters. The van der Waals surface area contributed by atoms with Gasteiger partial charge in [0.15, 0.2) is 9.84 Å². The Morgan fingerprint density at radius 1 is 1.22 bits per heavy atom. The lowest BCUT2D eigenvalue weighted by molar-refractivity contribution is 0.0778. The first-order chi connectivity index (χ1) is 12.8. The maximum Gasteiger partial charge on any atom is 0.259 e. The number of fused-ring (bicyclic) bond motifs is 1. The van der Waals surface area contributed by atoms with Crippen LogP contribution in [0.2, 0.25) is 0 Å². The van der Waals surface area contributed by atoms with Crippen molar-refractivity contribution < 1.29 is 17.7 Å². The summed E-state index contributed by atoms with van der Waals surface area (Å²) in [6.07, 6.45) is 0. The Kier molecular flexibility index (Phi) is 4.35. The van der Waals surface area contributed by atoms with Gasteiger partial charge in [0.1, 0.15) is 17.0 Å². The number of carbonyl (C=O) groups is 1. The van der Waals surface area contributed by atoms with Gasteiger partial charge in [-0.1, -0.05) is 35.5 Å². The van der Waals surface area contributed by atoms with Gasteiger partial charge in [0.25, 0.3) is 5.91 Å². The summed E-state index contributed by atoms with van der Waals surface area (Å²) in [6.45, 7) is 2.38. The molecule has 2 aromatic rings. The van der Waals surface area contributed by atoms with E-state index in [1.807, 2.05) is 49.3 Å². The van der Waals surface area contributed by atoms with Gasteiger partial charge in [-0.05, 0) is 21.0 Å². The minimum atomic E-state index is -3.20. The van der Waals surface area contributed by atoms with Crippen molar-refractivity contribution in [2.45, 2.75) is 18.2 Å². The van der Waals surface area contributed by atoms with Gasteiger partial charge < -0.3 is 14.3 Å². The third kappa shape index (κ3) is 2.96. The first-order valence-corrected chi connectivity index (χ1v) is 10.7. The van der Waals surface area contributed by atoms with Crippen LogP contribution in [0.4, 0.5) is 0 Å². The van der Waals surface area contributed by atoms with Crippen LogP contribution in [0.25, 0.3) is 11.3 Å². The van der Waals surface area contributed by atoms with E-state index in [2.05, 4.69) is 5.16 Å². The summed E-state index contributed by atoms with van der Waals surface area (Å²) in [5.74, 6) is 0.339. The number of sulfone groups is 1. The molecule has 2 saturated heterocycles. The van der Waals surface area contributed by atoms with Crippen molar-refractivity contribution in [1.29, 1.82) is 0 Å². The highest BCUT2D eigenvalue weighted by molar-refractivity contribution is 7.92. The van der Waals surface area contributed by atoms with Crippen molar-refractivity contribution in [1.82, 2.24) is 15.0 Å². The van der Waals surface area contributed by atoms with Gasteiger partial charge in [0.05, 0.1) is 11.0 Å². The molecule has 3 atom stereocenters. The number of hydrogen-bond donors (Lipinski definition) is 0. The first-order valence-electron chi connectivity index (χ1n) is 8.98. The fourth-order valence-corrected chi connectivity index (χ4v) is 6.78. The number of benzene rings is 1. The summed E-state index contributed by atoms with van der Waals surface area (Å²) in [5, 5.41) is 3.58. The molecule has 27 heavy (non-hydrogen) atoms. The highest BCUT2D eigenvalue weighted by atomic mass is 32.2. The molecule has 1 aromatic carbocycles. The summed E-state index contributed by atoms with van der Waals surface area (Å²) in [6, 6.07) is 9.34. The molecule has 0 spiro atoms. The van der Waals surface area contributed by atoms with E-state index >= 15 is 0 Å². The fraction of sp³-hybridized carbons (Fsp3) is 0.474. The van der Waals surface area contributed by atoms with Crippen LogP contribution in [0.5, 0.6) is 0 Å². The predicted molar refractivity (Wildman–Crippen MR) is 101 cm³/mol. The molecular weight excluding hydrogens is 366 g/mol. The summed E-state index contributed by atoms with van der Waals surface area (Å²) >= 11 is 0. The molecule has 2 aliphatic heterocycles. The van der Waals surface area contributed by atoms with Gasteiger partial charge >= 0.3 is 0 Å². The van der Waals surface area contributed by atoms with E-state index in [4.69, 9.17) is 4.52 Å². The van der Waals surface area contributed by atoms with Crippen molar-refractivity contribution in [2.24, 2.45) is 5.92 Å². The SMILES string of the molecule is Cc1onc(-c2ccccc2)c1C(=O)N1C[C@H]2[C@H](N(C)C)CS(=O)(=O)[C@H]2C1. The van der Waals surface area contributed by atoms with E-state index < -0.39 is 15.1 Å². The van der Waals surface area contributed by atoms with Crippen LogP contribution in [0, 0.1) is 12.8 Å². The van der Waals surface area contributed by atoms with Crippen LogP contribution >= 0.6 is 0 Å². The summed E-state index contributed by atoms with van der Waals surface area (Å²) in [5.41, 5.74) is 1.72. The average molecular weight is 389 g/mol. The van der Waals surface area contributed by atoms with E-state index in [9.17, 15) is 13.2 Å². The van der Waals surface area contributed by atoms with Gasteiger partial charge in [-0.15, -0.1) is 0 Å². The zero-order valence-corrected chi connectivity index (χ0v) is 16.4. The Labute approximate surface area is 158 Å². The molecule has 0 radical (unpaired) electrons. The van der Waals surface area contributed by atoms with Crippen LogP contribution < -0.4 is 0 Å². The third-order valence-corrected chi connectivity index (χ3v) is 7.97. The van der Waals surface area contributed by atoms with Gasteiger partial charge in [0.2, 0.25) is 0 Å². The Morgan fingerprint density at radius 2 is 1.93 bits per heavy atom. The lowest BCUT2D eigenvalue weighted by atomic mass is 10.00. The molecule has 7 nitrogen and oxygen atoms in total. The molecule has 8 heteroatoms. The number of carbonyl (C=O) groups excluding carboxylic acids is 1. The van der Waals surface area contributed by atoms with E-state index in [1.54, 1.807) is 11.8 Å². The lowest BCUT2D eigenvalue weighted by Gasteiger charge is -2.25. The molecule has 0 bridgehead atoms. The quantitative estimate of drug-likeness (QED) is 0.790. The maximum atomic E-state index is 13.3. The van der Waals surface area contributed by atoms with Crippen molar-refractivity contribution in [3.63, 3.8) is 0 Å². The molecule has 0 aliphatic carbocycles. The van der Waals surface area contributed by atoms with Gasteiger partial charge in [-0.2, -0.15) is 0 Å². The Hall–Kier alpha value is -2.19. The number of nitrogens with zero attached hydrogens (tertiary/aromatic N) is 3. The zero-order chi connectivity index (χ0) is 19.3. The Balaban J connectivity index is 1.66. The van der Waals surface area contributed by atoms with Crippen molar-refractivity contribution in [3.8, 4) is 11.3 Å². The highest BCUT2D eigenvalue weighted by Crippen LogP contribution is 2.37. The zero-order valence-electron chi connectivity index (χ0n) is 15.6. The number of likely N-dealkylation sites (tertiary alicyclic amines) is 1. The lowest BCUT2D eigenvalue weighted by Crippen LogP contribution is -2.38. The maximum absolute atomic E-state index is 13.3. The van der Waals surface area contributed by atoms with Crippen molar-refractivity contribution in [3.05, 3.63) is 41.7 Å². The standard InChI is InChI=1S/C19H23N3O4S/c1-12-17(18(20-26-12)13-7-5-4-6-8-13)19(23)22-9-14-15(21(2)3)11-27(24,25)16(14)10-22/h4-8,14-16H,9-11H2,1-3H3/t14-,15+,16-/m0/s1. The van der Waals surface area contributed by atoms with Crippen LogP contribution in [0.3, 0.4) is 0 Å². The second kappa shape index (κ2) is 6.45. The minimum absolute atomic E-state index is 0.0602. The molecular formula is C19H23N3O4S. The molecule has 1 amide bonds. The number of aryl methyl sites for hydroxylation is 1. The smallest absolute Gasteiger partial charge is 0.259 e. The number of aromatic nitrogens is 1. The topological polar surface area (TPSA) is 83.7 Å². The largest absolute Gasteiger partial charge is 0.360 e. The second-order valence-corrected chi connectivity index (χ2v) is 9.87. The molecule has 0 saturated carbocycles. The van der Waals surface area contributed by atoms with Crippen molar-refractivity contribution >= 4 is 15.7 Å². The molecule has 2 aliphatic rings. The van der Waals surface area contributed by atoms with E-state index in [1.165, 1.54) is 0 Å². The number of hydrogen-bond acceptors (Lipinski definition) is 6. The van der Waals surface area contributed by atoms with Gasteiger partial charge in [-0.3, -0.25) is 4.79 Å². The fourth-order valence-electron chi connectivity index (χ4n) is 4.31.